The van der Waals surface area contributed by atoms with E-state index in [4.69, 9.17) is 0 Å². The van der Waals surface area contributed by atoms with Crippen molar-refractivity contribution in [3.05, 3.63) is 97.9 Å². The second-order valence-corrected chi connectivity index (χ2v) is 13.9. The zero-order chi connectivity index (χ0) is 34.0. The van der Waals surface area contributed by atoms with Crippen molar-refractivity contribution in [3.8, 4) is 5.75 Å². The second-order valence-electron chi connectivity index (χ2n) is 12.2. The summed E-state index contributed by atoms with van der Waals surface area (Å²) in [6.45, 7) is 5.12. The van der Waals surface area contributed by atoms with Crippen LogP contribution in [0, 0.1) is 5.92 Å². The fourth-order valence-corrected chi connectivity index (χ4v) is 7.15. The number of hydrogen-bond acceptors (Lipinski definition) is 9. The third kappa shape index (κ3) is 9.48. The molecule has 5 rings (SSSR count). The Balaban J connectivity index is 1.41. The van der Waals surface area contributed by atoms with E-state index in [2.05, 4.69) is 39.8 Å². The molecule has 4 amide bonds. The highest BCUT2D eigenvalue weighted by Crippen LogP contribution is 2.27. The van der Waals surface area contributed by atoms with Crippen LogP contribution in [0.1, 0.15) is 98.5 Å². The minimum Gasteiger partial charge on any atom is -0.508 e. The topological polar surface area (TPSA) is 154 Å². The lowest BCUT2D eigenvalue weighted by atomic mass is 10.0. The van der Waals surface area contributed by atoms with E-state index in [0.717, 1.165) is 5.56 Å². The largest absolute Gasteiger partial charge is 0.508 e. The van der Waals surface area contributed by atoms with Crippen molar-refractivity contribution >= 4 is 46.3 Å². The number of amides is 4. The van der Waals surface area contributed by atoms with Gasteiger partial charge in [0.25, 0.3) is 17.7 Å². The predicted molar refractivity (Wildman–Crippen MR) is 185 cm³/mol. The number of carbonyl (C=O) groups excluding carboxylic acids is 4. The number of fused-ring (bicyclic) bond motifs is 4. The highest BCUT2D eigenvalue weighted by Gasteiger charge is 2.26. The van der Waals surface area contributed by atoms with Gasteiger partial charge in [-0.25, -0.2) is 9.97 Å². The minimum absolute atomic E-state index is 0.0629. The molecule has 13 heteroatoms. The molecule has 2 aromatic carbocycles. The maximum Gasteiger partial charge on any atom is 0.271 e. The molecule has 0 aliphatic carbocycles. The number of benzene rings is 2. The number of nitrogens with one attached hydrogen (secondary N) is 3. The molecule has 0 fully saturated rings. The third-order valence-electron chi connectivity index (χ3n) is 7.86. The Morgan fingerprint density at radius 1 is 0.875 bits per heavy atom. The Kier molecular flexibility index (Phi) is 11.9. The first kappa shape index (κ1) is 34.7. The molecule has 3 heterocycles. The summed E-state index contributed by atoms with van der Waals surface area (Å²) < 4.78 is 0. The Labute approximate surface area is 287 Å². The van der Waals surface area contributed by atoms with Crippen LogP contribution in [0.3, 0.4) is 0 Å². The van der Waals surface area contributed by atoms with Crippen LogP contribution in [0.25, 0.3) is 0 Å². The molecule has 4 bridgehead atoms. The lowest BCUT2D eigenvalue weighted by Gasteiger charge is -2.23. The summed E-state index contributed by atoms with van der Waals surface area (Å²) in [4.78, 5) is 64.1. The number of rotatable bonds is 5. The number of phenols is 1. The molecule has 0 spiro atoms. The van der Waals surface area contributed by atoms with E-state index >= 15 is 0 Å². The van der Waals surface area contributed by atoms with Gasteiger partial charge in [0, 0.05) is 42.4 Å². The monoisotopic (exact) mass is 688 g/mol. The maximum atomic E-state index is 13.5. The molecule has 2 atom stereocenters. The van der Waals surface area contributed by atoms with Crippen LogP contribution in [0.5, 0.6) is 5.75 Å². The van der Waals surface area contributed by atoms with E-state index in [1.165, 1.54) is 34.8 Å². The molecule has 0 radical (unpaired) electrons. The molecule has 1 aliphatic heterocycles. The van der Waals surface area contributed by atoms with Gasteiger partial charge >= 0.3 is 0 Å². The highest BCUT2D eigenvalue weighted by atomic mass is 32.1. The molecular weight excluding hydrogens is 649 g/mol. The number of aromatic nitrogens is 2. The first-order valence-electron chi connectivity index (χ1n) is 16.1. The van der Waals surface area contributed by atoms with Gasteiger partial charge in [0.1, 0.15) is 27.2 Å². The van der Waals surface area contributed by atoms with E-state index < -0.39 is 6.04 Å². The Hall–Kier alpha value is -4.62. The van der Waals surface area contributed by atoms with Gasteiger partial charge in [0.05, 0.1) is 12.1 Å². The predicted octanol–water partition coefficient (Wildman–Crippen LogP) is 5.28. The van der Waals surface area contributed by atoms with Gasteiger partial charge in [-0.3, -0.25) is 19.2 Å². The SMILES string of the molecule is CC(C)C[C@@H]1NC(=O)CCCN(C(=O)c2ccc(O)cc2)CCCNC(=O)c2csc(n2)[C@H](Cc2ccccc2)NC(=O)c2csc1n2. The average Bonchev–Trinajstić information content (AvgIpc) is 3.77. The van der Waals surface area contributed by atoms with Gasteiger partial charge in [-0.15, -0.1) is 22.7 Å². The van der Waals surface area contributed by atoms with Crippen molar-refractivity contribution < 1.29 is 24.3 Å². The lowest BCUT2D eigenvalue weighted by Crippen LogP contribution is -2.36. The number of aromatic hydroxyl groups is 1. The fourth-order valence-electron chi connectivity index (χ4n) is 5.44. The van der Waals surface area contributed by atoms with Gasteiger partial charge < -0.3 is 26.0 Å². The number of phenolic OH excluding ortho intramolecular Hbond substituents is 1. The molecule has 2 aromatic heterocycles. The van der Waals surface area contributed by atoms with Crippen LogP contribution < -0.4 is 16.0 Å². The maximum absolute atomic E-state index is 13.5. The van der Waals surface area contributed by atoms with E-state index in [1.54, 1.807) is 27.8 Å². The van der Waals surface area contributed by atoms with Crippen molar-refractivity contribution in [2.24, 2.45) is 5.92 Å². The Bertz CT molecular complexity index is 1710. The minimum atomic E-state index is -0.503. The molecular formula is C35H40N6O5S2. The molecule has 0 saturated carbocycles. The van der Waals surface area contributed by atoms with E-state index in [0.29, 0.717) is 60.9 Å². The lowest BCUT2D eigenvalue weighted by molar-refractivity contribution is -0.122. The normalized spacial score (nSPS) is 18.4. The number of hydrogen-bond donors (Lipinski definition) is 4. The zero-order valence-corrected chi connectivity index (χ0v) is 28.6. The molecule has 4 N–H and O–H groups in total. The van der Waals surface area contributed by atoms with Crippen molar-refractivity contribution in [3.63, 3.8) is 0 Å². The summed E-state index contributed by atoms with van der Waals surface area (Å²) in [5.74, 6) is -0.777. The van der Waals surface area contributed by atoms with Crippen molar-refractivity contribution in [2.75, 3.05) is 19.6 Å². The van der Waals surface area contributed by atoms with Crippen molar-refractivity contribution in [1.29, 1.82) is 0 Å². The smallest absolute Gasteiger partial charge is 0.271 e. The van der Waals surface area contributed by atoms with Gasteiger partial charge in [-0.1, -0.05) is 44.2 Å². The summed E-state index contributed by atoms with van der Waals surface area (Å²) in [5, 5.41) is 23.4. The van der Waals surface area contributed by atoms with Crippen LogP contribution in [-0.2, 0) is 11.2 Å². The summed E-state index contributed by atoms with van der Waals surface area (Å²) in [6, 6.07) is 14.9. The average molecular weight is 689 g/mol. The molecule has 11 nitrogen and oxygen atoms in total. The Morgan fingerprint density at radius 2 is 1.52 bits per heavy atom. The molecule has 4 aromatic rings. The summed E-state index contributed by atoms with van der Waals surface area (Å²) in [5.41, 5.74) is 1.92. The number of nitrogens with zero attached hydrogens (tertiary/aromatic N) is 3. The molecule has 0 saturated heterocycles. The van der Waals surface area contributed by atoms with Gasteiger partial charge in [0.2, 0.25) is 5.91 Å². The second kappa shape index (κ2) is 16.5. The van der Waals surface area contributed by atoms with Crippen LogP contribution >= 0.6 is 22.7 Å². The van der Waals surface area contributed by atoms with Crippen molar-refractivity contribution in [1.82, 2.24) is 30.8 Å². The quantitative estimate of drug-likeness (QED) is 0.223. The summed E-state index contributed by atoms with van der Waals surface area (Å²) in [6.07, 6.45) is 2.21. The van der Waals surface area contributed by atoms with Gasteiger partial charge in [-0.05, 0) is 61.4 Å². The first-order chi connectivity index (χ1) is 23.2. The van der Waals surface area contributed by atoms with Crippen LogP contribution in [0.15, 0.2) is 65.4 Å². The van der Waals surface area contributed by atoms with E-state index in [9.17, 15) is 24.3 Å². The first-order valence-corrected chi connectivity index (χ1v) is 17.8. The van der Waals surface area contributed by atoms with Gasteiger partial charge in [0.15, 0.2) is 0 Å². The Morgan fingerprint density at radius 3 is 2.21 bits per heavy atom. The summed E-state index contributed by atoms with van der Waals surface area (Å²) in [7, 11) is 0. The van der Waals surface area contributed by atoms with E-state index in [1.807, 2.05) is 30.3 Å². The number of carbonyl (C=O) groups is 4. The standard InChI is InChI=1S/C35H40N6O5S2/c1-22(2)18-26-33-40-29(21-48-33)32(45)38-27(19-23-8-4-3-5-9-23)34-39-28(20-47-34)31(44)36-15-7-17-41(16-6-10-30(43)37-26)35(46)24-11-13-25(42)14-12-24/h3-5,8-9,11-14,20-22,26-27,42H,6-7,10,15-19H2,1-2H3,(H,36,44)(H,37,43)(H,38,45)/t26-,27-/m0/s1. The molecule has 48 heavy (non-hydrogen) atoms. The third-order valence-corrected chi connectivity index (χ3v) is 9.78. The highest BCUT2D eigenvalue weighted by molar-refractivity contribution is 7.10. The fraction of sp³-hybridized carbons (Fsp3) is 0.371. The zero-order valence-electron chi connectivity index (χ0n) is 27.0. The van der Waals surface area contributed by atoms with Crippen LogP contribution in [0.4, 0.5) is 0 Å². The number of thiazole rings is 2. The van der Waals surface area contributed by atoms with Crippen LogP contribution in [0.2, 0.25) is 0 Å². The van der Waals surface area contributed by atoms with Crippen LogP contribution in [-0.4, -0.2) is 63.2 Å². The summed E-state index contributed by atoms with van der Waals surface area (Å²) >= 11 is 2.63. The molecule has 0 unspecified atom stereocenters. The van der Waals surface area contributed by atoms with Crippen molar-refractivity contribution in [2.45, 2.75) is 58.0 Å². The molecule has 1 aliphatic rings. The molecule has 252 valence electrons. The van der Waals surface area contributed by atoms with Gasteiger partial charge in [-0.2, -0.15) is 0 Å². The van der Waals surface area contributed by atoms with E-state index in [-0.39, 0.29) is 59.1 Å².